The minimum absolute atomic E-state index is 0.0488. The SMILES string of the molecule is CC1C(CO)OCC1OC(C)(C)C. The highest BCUT2D eigenvalue weighted by atomic mass is 16.6. The second-order valence-corrected chi connectivity index (χ2v) is 4.68. The summed E-state index contributed by atoms with van der Waals surface area (Å²) in [7, 11) is 0. The topological polar surface area (TPSA) is 38.7 Å². The molecule has 3 nitrogen and oxygen atoms in total. The van der Waals surface area contributed by atoms with Crippen LogP contribution in [0.5, 0.6) is 0 Å². The standard InChI is InChI=1S/C10H20O3/c1-7-8(5-11)12-6-9(7)13-10(2,3)4/h7-9,11H,5-6H2,1-4H3. The Morgan fingerprint density at radius 2 is 2.08 bits per heavy atom. The molecule has 78 valence electrons. The van der Waals surface area contributed by atoms with Gasteiger partial charge in [-0.2, -0.15) is 0 Å². The maximum absolute atomic E-state index is 8.97. The summed E-state index contributed by atoms with van der Waals surface area (Å²) in [4.78, 5) is 0. The second kappa shape index (κ2) is 3.95. The summed E-state index contributed by atoms with van der Waals surface area (Å²) in [6.07, 6.45) is 0.0736. The molecule has 0 amide bonds. The summed E-state index contributed by atoms with van der Waals surface area (Å²) in [6.45, 7) is 8.85. The van der Waals surface area contributed by atoms with E-state index in [1.165, 1.54) is 0 Å². The van der Waals surface area contributed by atoms with Gasteiger partial charge in [0.15, 0.2) is 0 Å². The van der Waals surface area contributed by atoms with Crippen LogP contribution in [0.4, 0.5) is 0 Å². The van der Waals surface area contributed by atoms with Gasteiger partial charge in [-0.15, -0.1) is 0 Å². The molecular weight excluding hydrogens is 168 g/mol. The van der Waals surface area contributed by atoms with Crippen LogP contribution in [-0.2, 0) is 9.47 Å². The molecule has 0 aromatic rings. The average molecular weight is 188 g/mol. The van der Waals surface area contributed by atoms with E-state index in [0.29, 0.717) is 6.61 Å². The first-order valence-corrected chi connectivity index (χ1v) is 4.84. The maximum Gasteiger partial charge on any atom is 0.0866 e. The van der Waals surface area contributed by atoms with E-state index in [0.717, 1.165) is 0 Å². The Morgan fingerprint density at radius 1 is 1.46 bits per heavy atom. The zero-order valence-corrected chi connectivity index (χ0v) is 8.91. The van der Waals surface area contributed by atoms with E-state index < -0.39 is 0 Å². The van der Waals surface area contributed by atoms with E-state index >= 15 is 0 Å². The van der Waals surface area contributed by atoms with Gasteiger partial charge in [0.25, 0.3) is 0 Å². The molecule has 0 bridgehead atoms. The van der Waals surface area contributed by atoms with Gasteiger partial charge < -0.3 is 14.6 Å². The highest BCUT2D eigenvalue weighted by Gasteiger charge is 2.36. The summed E-state index contributed by atoms with van der Waals surface area (Å²) in [6, 6.07) is 0. The zero-order chi connectivity index (χ0) is 10.1. The Labute approximate surface area is 80.0 Å². The Balaban J connectivity index is 2.46. The van der Waals surface area contributed by atoms with Crippen LogP contribution in [0.2, 0.25) is 0 Å². The first-order valence-electron chi connectivity index (χ1n) is 4.84. The van der Waals surface area contributed by atoms with E-state index in [9.17, 15) is 0 Å². The Bertz CT molecular complexity index is 162. The lowest BCUT2D eigenvalue weighted by Gasteiger charge is -2.27. The molecule has 1 aliphatic heterocycles. The van der Waals surface area contributed by atoms with Gasteiger partial charge in [-0.25, -0.2) is 0 Å². The minimum Gasteiger partial charge on any atom is -0.394 e. The number of ether oxygens (including phenoxy) is 2. The summed E-state index contributed by atoms with van der Waals surface area (Å²) < 4.78 is 11.2. The monoisotopic (exact) mass is 188 g/mol. The Morgan fingerprint density at radius 3 is 2.46 bits per heavy atom. The summed E-state index contributed by atoms with van der Waals surface area (Å²) >= 11 is 0. The van der Waals surface area contributed by atoms with Crippen molar-refractivity contribution in [2.45, 2.75) is 45.5 Å². The van der Waals surface area contributed by atoms with Gasteiger partial charge >= 0.3 is 0 Å². The van der Waals surface area contributed by atoms with E-state index in [4.69, 9.17) is 14.6 Å². The lowest BCUT2D eigenvalue weighted by atomic mass is 10.0. The fourth-order valence-corrected chi connectivity index (χ4v) is 1.58. The molecule has 1 saturated heterocycles. The molecule has 0 aromatic heterocycles. The van der Waals surface area contributed by atoms with Crippen molar-refractivity contribution in [3.8, 4) is 0 Å². The molecule has 3 atom stereocenters. The third kappa shape index (κ3) is 2.93. The first-order chi connectivity index (χ1) is 5.94. The van der Waals surface area contributed by atoms with Crippen molar-refractivity contribution in [2.75, 3.05) is 13.2 Å². The Kier molecular flexibility index (Phi) is 3.33. The van der Waals surface area contributed by atoms with E-state index in [1.54, 1.807) is 0 Å². The van der Waals surface area contributed by atoms with Gasteiger partial charge in [0.1, 0.15) is 0 Å². The van der Waals surface area contributed by atoms with Crippen LogP contribution in [0.3, 0.4) is 0 Å². The number of rotatable bonds is 2. The summed E-state index contributed by atoms with van der Waals surface area (Å²) in [5, 5.41) is 8.97. The predicted octanol–water partition coefficient (Wildman–Crippen LogP) is 1.20. The van der Waals surface area contributed by atoms with Crippen molar-refractivity contribution >= 4 is 0 Å². The van der Waals surface area contributed by atoms with Crippen LogP contribution in [0.1, 0.15) is 27.7 Å². The number of hydrogen-bond acceptors (Lipinski definition) is 3. The highest BCUT2D eigenvalue weighted by molar-refractivity contribution is 4.82. The van der Waals surface area contributed by atoms with Crippen molar-refractivity contribution < 1.29 is 14.6 Å². The van der Waals surface area contributed by atoms with E-state index in [1.807, 2.05) is 20.8 Å². The van der Waals surface area contributed by atoms with Crippen LogP contribution in [0.15, 0.2) is 0 Å². The Hall–Kier alpha value is -0.120. The predicted molar refractivity (Wildman–Crippen MR) is 50.6 cm³/mol. The number of aliphatic hydroxyl groups excluding tert-OH is 1. The molecule has 3 unspecified atom stereocenters. The molecular formula is C10H20O3. The van der Waals surface area contributed by atoms with Crippen molar-refractivity contribution in [2.24, 2.45) is 5.92 Å². The third-order valence-electron chi connectivity index (χ3n) is 2.33. The molecule has 1 heterocycles. The second-order valence-electron chi connectivity index (χ2n) is 4.68. The molecule has 0 radical (unpaired) electrons. The third-order valence-corrected chi connectivity index (χ3v) is 2.33. The van der Waals surface area contributed by atoms with Gasteiger partial charge in [0.2, 0.25) is 0 Å². The number of aliphatic hydroxyl groups is 1. The smallest absolute Gasteiger partial charge is 0.0866 e. The molecule has 1 fully saturated rings. The molecule has 1 rings (SSSR count). The molecule has 13 heavy (non-hydrogen) atoms. The fraction of sp³-hybridized carbons (Fsp3) is 1.00. The number of hydrogen-bond donors (Lipinski definition) is 1. The minimum atomic E-state index is -0.132. The van der Waals surface area contributed by atoms with Crippen molar-refractivity contribution in [1.82, 2.24) is 0 Å². The van der Waals surface area contributed by atoms with Crippen molar-refractivity contribution in [1.29, 1.82) is 0 Å². The fourth-order valence-electron chi connectivity index (χ4n) is 1.58. The molecule has 1 N–H and O–H groups in total. The van der Waals surface area contributed by atoms with Crippen LogP contribution < -0.4 is 0 Å². The molecule has 0 saturated carbocycles. The lowest BCUT2D eigenvalue weighted by Crippen LogP contribution is -2.33. The van der Waals surface area contributed by atoms with Crippen LogP contribution >= 0.6 is 0 Å². The molecule has 0 aromatic carbocycles. The van der Waals surface area contributed by atoms with Gasteiger partial charge in [0, 0.05) is 5.92 Å². The highest BCUT2D eigenvalue weighted by Crippen LogP contribution is 2.26. The van der Waals surface area contributed by atoms with Crippen molar-refractivity contribution in [3.63, 3.8) is 0 Å². The maximum atomic E-state index is 8.97. The van der Waals surface area contributed by atoms with Crippen molar-refractivity contribution in [3.05, 3.63) is 0 Å². The quantitative estimate of drug-likeness (QED) is 0.707. The largest absolute Gasteiger partial charge is 0.394 e. The molecule has 0 aliphatic carbocycles. The summed E-state index contributed by atoms with van der Waals surface area (Å²) in [5.74, 6) is 0.282. The van der Waals surface area contributed by atoms with Crippen LogP contribution in [0.25, 0.3) is 0 Å². The van der Waals surface area contributed by atoms with Gasteiger partial charge in [-0.3, -0.25) is 0 Å². The van der Waals surface area contributed by atoms with Gasteiger partial charge in [-0.1, -0.05) is 6.92 Å². The summed E-state index contributed by atoms with van der Waals surface area (Å²) in [5.41, 5.74) is -0.132. The first kappa shape index (κ1) is 11.0. The molecule has 3 heteroatoms. The van der Waals surface area contributed by atoms with Gasteiger partial charge in [-0.05, 0) is 20.8 Å². The van der Waals surface area contributed by atoms with Crippen LogP contribution in [-0.4, -0.2) is 36.1 Å². The van der Waals surface area contributed by atoms with E-state index in [-0.39, 0.29) is 30.3 Å². The normalized spacial score (nSPS) is 35.3. The average Bonchev–Trinajstić information content (AvgIpc) is 2.30. The van der Waals surface area contributed by atoms with E-state index in [2.05, 4.69) is 6.92 Å². The zero-order valence-electron chi connectivity index (χ0n) is 8.91. The van der Waals surface area contributed by atoms with Crippen LogP contribution in [0, 0.1) is 5.92 Å². The lowest BCUT2D eigenvalue weighted by molar-refractivity contribution is -0.0725. The molecule has 1 aliphatic rings. The molecule has 0 spiro atoms. The van der Waals surface area contributed by atoms with Gasteiger partial charge in [0.05, 0.1) is 31.0 Å².